The molecule has 0 aliphatic carbocycles. The van der Waals surface area contributed by atoms with Crippen LogP contribution in [0.5, 0.6) is 0 Å². The monoisotopic (exact) mass is 302 g/mol. The largest absolute Gasteiger partial charge is 0.304 e. The van der Waals surface area contributed by atoms with E-state index < -0.39 is 0 Å². The number of hydrogen-bond acceptors (Lipinski definition) is 2. The van der Waals surface area contributed by atoms with Crippen molar-refractivity contribution < 1.29 is 0 Å². The highest BCUT2D eigenvalue weighted by Crippen LogP contribution is 2.30. The maximum atomic E-state index is 6.08. The highest BCUT2D eigenvalue weighted by Gasteiger charge is 2.09. The summed E-state index contributed by atoms with van der Waals surface area (Å²) < 4.78 is 2.55. The molecule has 0 bridgehead atoms. The second kappa shape index (κ2) is 4.18. The molecular weight excluding hydrogens is 299 g/mol. The fourth-order valence-corrected chi connectivity index (χ4v) is 3.01. The van der Waals surface area contributed by atoms with Crippen LogP contribution < -0.4 is 0 Å². The molecule has 3 aromatic heterocycles. The van der Waals surface area contributed by atoms with Crippen molar-refractivity contribution >= 4 is 51.8 Å². The van der Waals surface area contributed by atoms with E-state index in [1.807, 2.05) is 22.0 Å². The summed E-state index contributed by atoms with van der Waals surface area (Å²) in [6, 6.07) is 3.55. The van der Waals surface area contributed by atoms with Crippen LogP contribution in [0.2, 0.25) is 14.4 Å². The third-order valence-corrected chi connectivity index (χ3v) is 3.91. The molecule has 6 heteroatoms. The van der Waals surface area contributed by atoms with Crippen LogP contribution in [-0.4, -0.2) is 9.38 Å². The smallest absolute Gasteiger partial charge is 0.156 e. The Morgan fingerprint density at radius 2 is 1.94 bits per heavy atom. The van der Waals surface area contributed by atoms with Crippen LogP contribution in [0, 0.1) is 0 Å². The van der Waals surface area contributed by atoms with Crippen LogP contribution in [0.4, 0.5) is 0 Å². The van der Waals surface area contributed by atoms with Gasteiger partial charge in [-0.05, 0) is 12.1 Å². The summed E-state index contributed by atoms with van der Waals surface area (Å²) in [5.41, 5.74) is 2.50. The first kappa shape index (κ1) is 11.4. The van der Waals surface area contributed by atoms with Gasteiger partial charge in [-0.3, -0.25) is 0 Å². The molecule has 3 aromatic rings. The fourth-order valence-electron chi connectivity index (χ4n) is 1.61. The average Bonchev–Trinajstić information content (AvgIpc) is 2.83. The van der Waals surface area contributed by atoms with E-state index in [2.05, 4.69) is 4.98 Å². The van der Waals surface area contributed by atoms with E-state index in [0.29, 0.717) is 15.7 Å². The van der Waals surface area contributed by atoms with Gasteiger partial charge < -0.3 is 4.40 Å². The van der Waals surface area contributed by atoms with Crippen molar-refractivity contribution in [1.82, 2.24) is 9.38 Å². The highest BCUT2D eigenvalue weighted by molar-refractivity contribution is 7.14. The SMILES string of the molecule is Clc1cc(Cl)c2nc(-c3csc(Cl)c3)cn2c1. The third kappa shape index (κ3) is 2.04. The molecule has 0 aliphatic rings. The van der Waals surface area contributed by atoms with Gasteiger partial charge in [-0.2, -0.15) is 0 Å². The molecular formula is C11H5Cl3N2S. The Balaban J connectivity index is 2.23. The van der Waals surface area contributed by atoms with Gasteiger partial charge in [-0.15, -0.1) is 11.3 Å². The average molecular weight is 304 g/mol. The number of hydrogen-bond donors (Lipinski definition) is 0. The fraction of sp³-hybridized carbons (Fsp3) is 0. The van der Waals surface area contributed by atoms with Crippen molar-refractivity contribution in [2.24, 2.45) is 0 Å². The molecule has 17 heavy (non-hydrogen) atoms. The van der Waals surface area contributed by atoms with Crippen LogP contribution in [0.15, 0.2) is 29.9 Å². The normalized spacial score (nSPS) is 11.2. The van der Waals surface area contributed by atoms with Crippen molar-refractivity contribution in [2.45, 2.75) is 0 Å². The molecule has 0 atom stereocenters. The molecule has 3 rings (SSSR count). The minimum Gasteiger partial charge on any atom is -0.304 e. The summed E-state index contributed by atoms with van der Waals surface area (Å²) >= 11 is 19.4. The zero-order valence-corrected chi connectivity index (χ0v) is 11.4. The zero-order valence-electron chi connectivity index (χ0n) is 8.32. The van der Waals surface area contributed by atoms with Crippen LogP contribution in [0.1, 0.15) is 0 Å². The Hall–Kier alpha value is -0.740. The summed E-state index contributed by atoms with van der Waals surface area (Å²) in [6.45, 7) is 0. The first-order chi connectivity index (χ1) is 8.13. The quantitative estimate of drug-likeness (QED) is 0.617. The number of thiophene rings is 1. The number of aromatic nitrogens is 2. The molecule has 86 valence electrons. The van der Waals surface area contributed by atoms with Gasteiger partial charge in [-0.1, -0.05) is 34.8 Å². The predicted molar refractivity (Wildman–Crippen MR) is 73.5 cm³/mol. The highest BCUT2D eigenvalue weighted by atomic mass is 35.5. The molecule has 0 fully saturated rings. The van der Waals surface area contributed by atoms with Crippen molar-refractivity contribution in [2.75, 3.05) is 0 Å². The zero-order chi connectivity index (χ0) is 12.0. The Kier molecular flexibility index (Phi) is 2.79. The standard InChI is InChI=1S/C11H5Cl3N2S/c12-7-2-8(13)11-15-9(4-16(11)3-7)6-1-10(14)17-5-6/h1-5H. The third-order valence-electron chi connectivity index (χ3n) is 2.34. The van der Waals surface area contributed by atoms with E-state index in [-0.39, 0.29) is 0 Å². The van der Waals surface area contributed by atoms with Crippen LogP contribution in [-0.2, 0) is 0 Å². The van der Waals surface area contributed by atoms with Gasteiger partial charge in [0, 0.05) is 23.3 Å². The maximum absolute atomic E-state index is 6.08. The lowest BCUT2D eigenvalue weighted by Crippen LogP contribution is -1.82. The molecule has 0 aromatic carbocycles. The topological polar surface area (TPSA) is 17.3 Å². The first-order valence-electron chi connectivity index (χ1n) is 4.71. The molecule has 0 N–H and O–H groups in total. The van der Waals surface area contributed by atoms with Gasteiger partial charge in [0.15, 0.2) is 5.65 Å². The summed E-state index contributed by atoms with van der Waals surface area (Å²) in [5.74, 6) is 0. The molecule has 3 heterocycles. The Morgan fingerprint density at radius 3 is 2.65 bits per heavy atom. The van der Waals surface area contributed by atoms with Crippen molar-refractivity contribution in [1.29, 1.82) is 0 Å². The molecule has 0 saturated carbocycles. The van der Waals surface area contributed by atoms with Gasteiger partial charge in [-0.25, -0.2) is 4.98 Å². The van der Waals surface area contributed by atoms with Crippen molar-refractivity contribution in [3.63, 3.8) is 0 Å². The number of imidazole rings is 1. The first-order valence-corrected chi connectivity index (χ1v) is 6.73. The van der Waals surface area contributed by atoms with Gasteiger partial charge in [0.2, 0.25) is 0 Å². The number of halogens is 3. The minimum absolute atomic E-state index is 0.532. The summed E-state index contributed by atoms with van der Waals surface area (Å²) in [4.78, 5) is 4.46. The van der Waals surface area contributed by atoms with Gasteiger partial charge in [0.25, 0.3) is 0 Å². The van der Waals surface area contributed by atoms with Gasteiger partial charge in [0.05, 0.1) is 20.1 Å². The van der Waals surface area contributed by atoms with Crippen LogP contribution in [0.3, 0.4) is 0 Å². The van der Waals surface area contributed by atoms with Gasteiger partial charge >= 0.3 is 0 Å². The van der Waals surface area contributed by atoms with Crippen molar-refractivity contribution in [3.8, 4) is 11.3 Å². The Bertz CT molecular complexity index is 702. The summed E-state index contributed by atoms with van der Waals surface area (Å²) in [6.07, 6.45) is 3.65. The number of fused-ring (bicyclic) bond motifs is 1. The molecule has 0 spiro atoms. The lowest BCUT2D eigenvalue weighted by atomic mass is 10.3. The molecule has 2 nitrogen and oxygen atoms in total. The lowest BCUT2D eigenvalue weighted by molar-refractivity contribution is 1.19. The molecule has 0 unspecified atom stereocenters. The molecule has 0 amide bonds. The second-order valence-electron chi connectivity index (χ2n) is 3.50. The number of rotatable bonds is 1. The van der Waals surface area contributed by atoms with E-state index in [4.69, 9.17) is 34.8 Å². The second-order valence-corrected chi connectivity index (χ2v) is 5.89. The molecule has 0 saturated heterocycles. The van der Waals surface area contributed by atoms with Crippen LogP contribution in [0.25, 0.3) is 16.9 Å². The Labute approximate surface area is 116 Å². The Morgan fingerprint density at radius 1 is 1.12 bits per heavy atom. The molecule has 0 radical (unpaired) electrons. The van der Waals surface area contributed by atoms with E-state index in [1.165, 1.54) is 11.3 Å². The maximum Gasteiger partial charge on any atom is 0.156 e. The van der Waals surface area contributed by atoms with Crippen molar-refractivity contribution in [3.05, 3.63) is 44.3 Å². The number of pyridine rings is 1. The predicted octanol–water partition coefficient (Wildman–Crippen LogP) is 5.02. The minimum atomic E-state index is 0.532. The molecule has 0 aliphatic heterocycles. The van der Waals surface area contributed by atoms with Gasteiger partial charge in [0.1, 0.15) is 0 Å². The van der Waals surface area contributed by atoms with Crippen LogP contribution >= 0.6 is 46.1 Å². The summed E-state index contributed by atoms with van der Waals surface area (Å²) in [5, 5.41) is 3.07. The lowest BCUT2D eigenvalue weighted by Gasteiger charge is -1.95. The van der Waals surface area contributed by atoms with E-state index >= 15 is 0 Å². The van der Waals surface area contributed by atoms with E-state index in [9.17, 15) is 0 Å². The van der Waals surface area contributed by atoms with E-state index in [0.717, 1.165) is 15.6 Å². The summed E-state index contributed by atoms with van der Waals surface area (Å²) in [7, 11) is 0. The number of nitrogens with zero attached hydrogens (tertiary/aromatic N) is 2. The van der Waals surface area contributed by atoms with E-state index in [1.54, 1.807) is 12.3 Å².